The van der Waals surface area contributed by atoms with Crippen LogP contribution < -0.4 is 10.6 Å². The number of rotatable bonds is 3. The Balaban J connectivity index is 2.16. The Labute approximate surface area is 109 Å². The number of hydrogen-bond acceptors (Lipinski definition) is 4. The van der Waals surface area contributed by atoms with Gasteiger partial charge in [0, 0.05) is 18.8 Å². The van der Waals surface area contributed by atoms with Crippen LogP contribution in [-0.4, -0.2) is 29.3 Å². The molecule has 18 heavy (non-hydrogen) atoms. The van der Waals surface area contributed by atoms with Gasteiger partial charge in [0.25, 0.3) is 0 Å². The van der Waals surface area contributed by atoms with Crippen molar-refractivity contribution in [2.75, 3.05) is 18.1 Å². The number of anilines is 1. The minimum Gasteiger partial charge on any atom is -0.394 e. The van der Waals surface area contributed by atoms with Gasteiger partial charge in [-0.15, -0.1) is 0 Å². The number of nitrogens with two attached hydrogens (primary N) is 1. The zero-order valence-corrected chi connectivity index (χ0v) is 11.0. The first-order valence-electron chi connectivity index (χ1n) is 6.81. The normalized spacial score (nSPS) is 22.6. The van der Waals surface area contributed by atoms with Crippen LogP contribution in [0, 0.1) is 0 Å². The molecule has 1 aromatic rings. The lowest BCUT2D eigenvalue weighted by atomic mass is 10.1. The molecule has 1 fully saturated rings. The summed E-state index contributed by atoms with van der Waals surface area (Å²) in [6.07, 6.45) is 6.50. The number of hydrogen-bond donors (Lipinski definition) is 2. The Kier molecular flexibility index (Phi) is 4.55. The van der Waals surface area contributed by atoms with Gasteiger partial charge in [0.05, 0.1) is 12.6 Å². The Bertz CT molecular complexity index is 364. The van der Waals surface area contributed by atoms with Crippen molar-refractivity contribution in [1.29, 1.82) is 0 Å². The Hall–Kier alpha value is -1.13. The van der Waals surface area contributed by atoms with E-state index >= 15 is 0 Å². The van der Waals surface area contributed by atoms with Crippen molar-refractivity contribution in [3.63, 3.8) is 0 Å². The molecule has 4 heteroatoms. The number of pyridine rings is 1. The van der Waals surface area contributed by atoms with Crippen LogP contribution in [0.3, 0.4) is 0 Å². The monoisotopic (exact) mass is 249 g/mol. The summed E-state index contributed by atoms with van der Waals surface area (Å²) in [4.78, 5) is 6.73. The highest BCUT2D eigenvalue weighted by molar-refractivity contribution is 5.41. The van der Waals surface area contributed by atoms with E-state index in [1.165, 1.54) is 19.3 Å². The zero-order valence-electron chi connectivity index (χ0n) is 11.0. The molecule has 2 atom stereocenters. The van der Waals surface area contributed by atoms with Gasteiger partial charge in [-0.1, -0.05) is 18.9 Å². The lowest BCUT2D eigenvalue weighted by Crippen LogP contribution is -2.38. The average Bonchev–Trinajstić information content (AvgIpc) is 2.63. The molecule has 2 heterocycles. The third kappa shape index (κ3) is 3.00. The summed E-state index contributed by atoms with van der Waals surface area (Å²) in [6, 6.07) is 4.28. The number of aliphatic hydroxyl groups excluding tert-OH is 1. The number of aromatic nitrogens is 1. The number of nitrogens with zero attached hydrogens (tertiary/aromatic N) is 2. The molecule has 0 aliphatic carbocycles. The van der Waals surface area contributed by atoms with Crippen molar-refractivity contribution in [1.82, 2.24) is 4.98 Å². The minimum absolute atomic E-state index is 0.0179. The van der Waals surface area contributed by atoms with E-state index in [2.05, 4.69) is 9.88 Å². The van der Waals surface area contributed by atoms with Crippen molar-refractivity contribution < 1.29 is 5.11 Å². The molecular formula is C14H23N3O. The van der Waals surface area contributed by atoms with E-state index in [1.54, 1.807) is 0 Å². The summed E-state index contributed by atoms with van der Waals surface area (Å²) < 4.78 is 0. The largest absolute Gasteiger partial charge is 0.394 e. The molecule has 0 bridgehead atoms. The molecule has 4 nitrogen and oxygen atoms in total. The fourth-order valence-electron chi connectivity index (χ4n) is 2.51. The Morgan fingerprint density at radius 1 is 1.44 bits per heavy atom. The van der Waals surface area contributed by atoms with Gasteiger partial charge < -0.3 is 15.7 Å². The second kappa shape index (κ2) is 6.16. The van der Waals surface area contributed by atoms with E-state index in [1.807, 2.05) is 25.3 Å². The quantitative estimate of drug-likeness (QED) is 0.858. The zero-order chi connectivity index (χ0) is 13.0. The Morgan fingerprint density at radius 2 is 2.28 bits per heavy atom. The van der Waals surface area contributed by atoms with Gasteiger partial charge >= 0.3 is 0 Å². The summed E-state index contributed by atoms with van der Waals surface area (Å²) in [7, 11) is 0. The van der Waals surface area contributed by atoms with E-state index in [-0.39, 0.29) is 18.7 Å². The second-order valence-corrected chi connectivity index (χ2v) is 5.12. The third-order valence-corrected chi connectivity index (χ3v) is 3.68. The lowest BCUT2D eigenvalue weighted by molar-refractivity contribution is 0.254. The second-order valence-electron chi connectivity index (χ2n) is 5.12. The Morgan fingerprint density at radius 3 is 2.89 bits per heavy atom. The fraction of sp³-hybridized carbons (Fsp3) is 0.643. The molecule has 2 unspecified atom stereocenters. The van der Waals surface area contributed by atoms with E-state index < -0.39 is 0 Å². The van der Waals surface area contributed by atoms with E-state index in [4.69, 9.17) is 5.73 Å². The molecule has 1 aliphatic rings. The van der Waals surface area contributed by atoms with E-state index in [0.29, 0.717) is 0 Å². The van der Waals surface area contributed by atoms with E-state index in [0.717, 1.165) is 24.3 Å². The topological polar surface area (TPSA) is 62.4 Å². The van der Waals surface area contributed by atoms with Crippen molar-refractivity contribution in [2.24, 2.45) is 5.73 Å². The van der Waals surface area contributed by atoms with Crippen LogP contribution in [0.5, 0.6) is 0 Å². The molecule has 1 aromatic heterocycles. The van der Waals surface area contributed by atoms with Gasteiger partial charge in [0.15, 0.2) is 0 Å². The number of aliphatic hydroxyl groups is 1. The van der Waals surface area contributed by atoms with Gasteiger partial charge in [0.2, 0.25) is 0 Å². The summed E-state index contributed by atoms with van der Waals surface area (Å²) in [5.74, 6) is 0.959. The lowest BCUT2D eigenvalue weighted by Gasteiger charge is -2.29. The molecule has 2 rings (SSSR count). The maximum absolute atomic E-state index is 9.50. The first-order valence-corrected chi connectivity index (χ1v) is 6.81. The van der Waals surface area contributed by atoms with Crippen LogP contribution in [0.2, 0.25) is 0 Å². The predicted molar refractivity (Wildman–Crippen MR) is 73.5 cm³/mol. The molecule has 1 aliphatic heterocycles. The van der Waals surface area contributed by atoms with Crippen molar-refractivity contribution in [3.8, 4) is 0 Å². The van der Waals surface area contributed by atoms with Crippen LogP contribution in [0.25, 0.3) is 0 Å². The standard InChI is InChI=1S/C14H23N3O/c1-11(15)12-6-7-14(16-9-12)17-8-4-2-3-5-13(17)10-18/h6-7,9,11,13,18H,2-5,8,10,15H2,1H3. The SMILES string of the molecule is CC(N)c1ccc(N2CCCCCC2CO)nc1. The molecule has 0 spiro atoms. The highest BCUT2D eigenvalue weighted by atomic mass is 16.3. The molecule has 1 saturated heterocycles. The molecule has 0 aromatic carbocycles. The first kappa shape index (κ1) is 13.3. The van der Waals surface area contributed by atoms with Crippen LogP contribution in [0.1, 0.15) is 44.2 Å². The van der Waals surface area contributed by atoms with Gasteiger partial charge in [-0.2, -0.15) is 0 Å². The summed E-state index contributed by atoms with van der Waals surface area (Å²) in [5.41, 5.74) is 6.88. The molecule has 100 valence electrons. The molecular weight excluding hydrogens is 226 g/mol. The maximum Gasteiger partial charge on any atom is 0.128 e. The third-order valence-electron chi connectivity index (χ3n) is 3.68. The molecule has 0 radical (unpaired) electrons. The van der Waals surface area contributed by atoms with E-state index in [9.17, 15) is 5.11 Å². The van der Waals surface area contributed by atoms with Crippen LogP contribution in [-0.2, 0) is 0 Å². The predicted octanol–water partition coefficient (Wildman–Crippen LogP) is 1.84. The van der Waals surface area contributed by atoms with Gasteiger partial charge in [-0.3, -0.25) is 0 Å². The molecule has 3 N–H and O–H groups in total. The summed E-state index contributed by atoms with van der Waals surface area (Å²) in [5, 5.41) is 9.50. The van der Waals surface area contributed by atoms with Crippen LogP contribution in [0.15, 0.2) is 18.3 Å². The van der Waals surface area contributed by atoms with Gasteiger partial charge in [0.1, 0.15) is 5.82 Å². The van der Waals surface area contributed by atoms with Gasteiger partial charge in [-0.25, -0.2) is 4.98 Å². The van der Waals surface area contributed by atoms with Crippen LogP contribution >= 0.6 is 0 Å². The van der Waals surface area contributed by atoms with Crippen molar-refractivity contribution in [2.45, 2.75) is 44.7 Å². The smallest absolute Gasteiger partial charge is 0.128 e. The highest BCUT2D eigenvalue weighted by Gasteiger charge is 2.21. The first-order chi connectivity index (χ1) is 8.72. The minimum atomic E-state index is 0.0179. The highest BCUT2D eigenvalue weighted by Crippen LogP contribution is 2.23. The average molecular weight is 249 g/mol. The summed E-state index contributed by atoms with van der Waals surface area (Å²) in [6.45, 7) is 3.14. The summed E-state index contributed by atoms with van der Waals surface area (Å²) >= 11 is 0. The maximum atomic E-state index is 9.50. The fourth-order valence-corrected chi connectivity index (χ4v) is 2.51. The molecule has 0 amide bonds. The van der Waals surface area contributed by atoms with Crippen molar-refractivity contribution in [3.05, 3.63) is 23.9 Å². The van der Waals surface area contributed by atoms with Crippen molar-refractivity contribution >= 4 is 5.82 Å². The van der Waals surface area contributed by atoms with Gasteiger partial charge in [-0.05, 0) is 31.4 Å². The van der Waals surface area contributed by atoms with Crippen LogP contribution in [0.4, 0.5) is 5.82 Å². The molecule has 0 saturated carbocycles.